The molecule has 0 saturated carbocycles. The second-order valence-electron chi connectivity index (χ2n) is 4.88. The number of rotatable bonds is 6. The van der Waals surface area contributed by atoms with E-state index in [4.69, 9.17) is 9.47 Å². The minimum atomic E-state index is -0.370. The van der Waals surface area contributed by atoms with Gasteiger partial charge < -0.3 is 9.47 Å². The fraction of sp³-hybridized carbons (Fsp3) is 0.278. The number of hydrogen-bond donors (Lipinski definition) is 0. The summed E-state index contributed by atoms with van der Waals surface area (Å²) in [6.45, 7) is 4.68. The van der Waals surface area contributed by atoms with Gasteiger partial charge in [-0.15, -0.1) is 0 Å². The van der Waals surface area contributed by atoms with Crippen molar-refractivity contribution in [3.8, 4) is 11.5 Å². The summed E-state index contributed by atoms with van der Waals surface area (Å²) < 4.78 is 11.0. The van der Waals surface area contributed by atoms with Crippen LogP contribution in [0, 0.1) is 6.92 Å². The fourth-order valence-electron chi connectivity index (χ4n) is 1.88. The molecule has 0 N–H and O–H groups in total. The molecule has 2 aromatic carbocycles. The molecule has 110 valence electrons. The minimum Gasteiger partial charge on any atom is -0.494 e. The Balaban J connectivity index is 2.05. The van der Waals surface area contributed by atoms with E-state index in [9.17, 15) is 4.79 Å². The van der Waals surface area contributed by atoms with Crippen molar-refractivity contribution in [3.05, 3.63) is 59.7 Å². The van der Waals surface area contributed by atoms with Crippen molar-refractivity contribution >= 4 is 5.97 Å². The van der Waals surface area contributed by atoms with Gasteiger partial charge in [-0.2, -0.15) is 0 Å². The molecule has 2 aromatic rings. The van der Waals surface area contributed by atoms with Crippen molar-refractivity contribution < 1.29 is 14.3 Å². The molecule has 0 aliphatic rings. The third-order valence-corrected chi connectivity index (χ3v) is 3.13. The first kappa shape index (κ1) is 15.1. The molecule has 0 spiro atoms. The average Bonchev–Trinajstić information content (AvgIpc) is 2.50. The van der Waals surface area contributed by atoms with Gasteiger partial charge in [0.15, 0.2) is 0 Å². The lowest BCUT2D eigenvalue weighted by Crippen LogP contribution is -2.09. The zero-order valence-electron chi connectivity index (χ0n) is 12.5. The first-order valence-electron chi connectivity index (χ1n) is 7.21. The van der Waals surface area contributed by atoms with Crippen molar-refractivity contribution in [1.82, 2.24) is 0 Å². The first-order valence-corrected chi connectivity index (χ1v) is 7.21. The highest BCUT2D eigenvalue weighted by Crippen LogP contribution is 2.20. The standard InChI is InChI=1S/C18H20O3/c1-3-4-12-20-16-10-7-9-15(13-16)18(19)21-17-11-6-5-8-14(17)2/h5-11,13H,3-4,12H2,1-2H3. The SMILES string of the molecule is CCCCOc1cccc(C(=O)Oc2ccccc2C)c1. The lowest BCUT2D eigenvalue weighted by molar-refractivity contribution is 0.0733. The molecule has 0 aliphatic heterocycles. The van der Waals surface area contributed by atoms with Crippen molar-refractivity contribution in [2.45, 2.75) is 26.7 Å². The van der Waals surface area contributed by atoms with Crippen molar-refractivity contribution in [2.24, 2.45) is 0 Å². The molecule has 0 aliphatic carbocycles. The van der Waals surface area contributed by atoms with Gasteiger partial charge in [0, 0.05) is 0 Å². The lowest BCUT2D eigenvalue weighted by atomic mass is 10.2. The number of para-hydroxylation sites is 1. The summed E-state index contributed by atoms with van der Waals surface area (Å²) >= 11 is 0. The molecule has 0 radical (unpaired) electrons. The van der Waals surface area contributed by atoms with Gasteiger partial charge in [0.2, 0.25) is 0 Å². The van der Waals surface area contributed by atoms with Crippen LogP contribution in [0.4, 0.5) is 0 Å². The molecule has 0 heterocycles. The maximum Gasteiger partial charge on any atom is 0.343 e. The van der Waals surface area contributed by atoms with Gasteiger partial charge in [0.25, 0.3) is 0 Å². The number of aryl methyl sites for hydroxylation is 1. The van der Waals surface area contributed by atoms with Gasteiger partial charge in [-0.3, -0.25) is 0 Å². The lowest BCUT2D eigenvalue weighted by Gasteiger charge is -2.09. The van der Waals surface area contributed by atoms with Crippen LogP contribution in [0.3, 0.4) is 0 Å². The molecule has 0 unspecified atom stereocenters. The van der Waals surface area contributed by atoms with E-state index in [2.05, 4.69) is 6.92 Å². The summed E-state index contributed by atoms with van der Waals surface area (Å²) in [4.78, 5) is 12.2. The fourth-order valence-corrected chi connectivity index (χ4v) is 1.88. The quantitative estimate of drug-likeness (QED) is 0.448. The zero-order valence-corrected chi connectivity index (χ0v) is 12.5. The molecule has 0 fully saturated rings. The highest BCUT2D eigenvalue weighted by molar-refractivity contribution is 5.91. The highest BCUT2D eigenvalue weighted by atomic mass is 16.5. The van der Waals surface area contributed by atoms with E-state index in [-0.39, 0.29) is 5.97 Å². The van der Waals surface area contributed by atoms with E-state index in [1.165, 1.54) is 0 Å². The topological polar surface area (TPSA) is 35.5 Å². The normalized spacial score (nSPS) is 10.2. The highest BCUT2D eigenvalue weighted by Gasteiger charge is 2.10. The maximum absolute atomic E-state index is 12.2. The predicted octanol–water partition coefficient (Wildman–Crippen LogP) is 4.39. The number of carbonyl (C=O) groups excluding carboxylic acids is 1. The van der Waals surface area contributed by atoms with Crippen LogP contribution in [0.25, 0.3) is 0 Å². The summed E-state index contributed by atoms with van der Waals surface area (Å²) in [7, 11) is 0. The van der Waals surface area contributed by atoms with Gasteiger partial charge in [0.05, 0.1) is 12.2 Å². The van der Waals surface area contributed by atoms with Crippen molar-refractivity contribution in [2.75, 3.05) is 6.61 Å². The molecule has 3 heteroatoms. The Bertz CT molecular complexity index is 605. The van der Waals surface area contributed by atoms with Crippen molar-refractivity contribution in [3.63, 3.8) is 0 Å². The summed E-state index contributed by atoms with van der Waals surface area (Å²) in [5.41, 5.74) is 1.42. The van der Waals surface area contributed by atoms with Crippen LogP contribution in [0.1, 0.15) is 35.7 Å². The van der Waals surface area contributed by atoms with E-state index < -0.39 is 0 Å². The second kappa shape index (κ2) is 7.48. The molecular weight excluding hydrogens is 264 g/mol. The van der Waals surface area contributed by atoms with Crippen LogP contribution in [-0.4, -0.2) is 12.6 Å². The minimum absolute atomic E-state index is 0.370. The third kappa shape index (κ3) is 4.35. The van der Waals surface area contributed by atoms with Gasteiger partial charge in [-0.1, -0.05) is 37.6 Å². The van der Waals surface area contributed by atoms with Gasteiger partial charge in [-0.25, -0.2) is 4.79 Å². The van der Waals surface area contributed by atoms with Crippen LogP contribution in [-0.2, 0) is 0 Å². The summed E-state index contributed by atoms with van der Waals surface area (Å²) in [5, 5.41) is 0. The van der Waals surface area contributed by atoms with Gasteiger partial charge in [0.1, 0.15) is 11.5 Å². The Morgan fingerprint density at radius 3 is 2.67 bits per heavy atom. The Kier molecular flexibility index (Phi) is 5.38. The number of carbonyl (C=O) groups is 1. The molecule has 0 amide bonds. The van der Waals surface area contributed by atoms with E-state index >= 15 is 0 Å². The van der Waals surface area contributed by atoms with E-state index in [1.54, 1.807) is 24.3 Å². The Morgan fingerprint density at radius 1 is 1.10 bits per heavy atom. The first-order chi connectivity index (χ1) is 10.2. The Morgan fingerprint density at radius 2 is 1.90 bits per heavy atom. The molecule has 0 atom stereocenters. The smallest absolute Gasteiger partial charge is 0.343 e. The number of esters is 1. The van der Waals surface area contributed by atoms with E-state index in [0.717, 1.165) is 18.4 Å². The van der Waals surface area contributed by atoms with Crippen LogP contribution >= 0.6 is 0 Å². The maximum atomic E-state index is 12.2. The largest absolute Gasteiger partial charge is 0.494 e. The van der Waals surface area contributed by atoms with Crippen LogP contribution < -0.4 is 9.47 Å². The van der Waals surface area contributed by atoms with E-state index in [1.807, 2.05) is 31.2 Å². The molecule has 21 heavy (non-hydrogen) atoms. The summed E-state index contributed by atoms with van der Waals surface area (Å²) in [5.74, 6) is 0.910. The number of unbranched alkanes of at least 4 members (excludes halogenated alkanes) is 1. The monoisotopic (exact) mass is 284 g/mol. The molecule has 0 aromatic heterocycles. The zero-order chi connectivity index (χ0) is 15.1. The number of hydrogen-bond acceptors (Lipinski definition) is 3. The van der Waals surface area contributed by atoms with Crippen molar-refractivity contribution in [1.29, 1.82) is 0 Å². The molecule has 0 bridgehead atoms. The molecule has 2 rings (SSSR count). The molecule has 0 saturated heterocycles. The molecular formula is C18H20O3. The summed E-state index contributed by atoms with van der Waals surface area (Å²) in [6.07, 6.45) is 2.08. The molecule has 3 nitrogen and oxygen atoms in total. The second-order valence-corrected chi connectivity index (χ2v) is 4.88. The van der Waals surface area contributed by atoms with Gasteiger partial charge >= 0.3 is 5.97 Å². The average molecular weight is 284 g/mol. The summed E-state index contributed by atoms with van der Waals surface area (Å²) in [6, 6.07) is 14.6. The van der Waals surface area contributed by atoms with Crippen LogP contribution in [0.15, 0.2) is 48.5 Å². The van der Waals surface area contributed by atoms with Crippen LogP contribution in [0.2, 0.25) is 0 Å². The number of ether oxygens (including phenoxy) is 2. The Labute approximate surface area is 125 Å². The van der Waals surface area contributed by atoms with E-state index in [0.29, 0.717) is 23.7 Å². The predicted molar refractivity (Wildman–Crippen MR) is 83.0 cm³/mol. The van der Waals surface area contributed by atoms with Gasteiger partial charge in [-0.05, 0) is 43.2 Å². The Hall–Kier alpha value is -2.29. The third-order valence-electron chi connectivity index (χ3n) is 3.13. The van der Waals surface area contributed by atoms with Crippen LogP contribution in [0.5, 0.6) is 11.5 Å². The number of benzene rings is 2.